The number of nitrogens with zero attached hydrogens (tertiary/aromatic N) is 1. The van der Waals surface area contributed by atoms with Crippen molar-refractivity contribution in [3.05, 3.63) is 23.2 Å². The van der Waals surface area contributed by atoms with E-state index in [1.165, 1.54) is 11.3 Å². The van der Waals surface area contributed by atoms with E-state index in [0.717, 1.165) is 29.5 Å². The van der Waals surface area contributed by atoms with Crippen molar-refractivity contribution in [1.82, 2.24) is 4.98 Å². The summed E-state index contributed by atoms with van der Waals surface area (Å²) in [7, 11) is 0. The van der Waals surface area contributed by atoms with E-state index in [1.54, 1.807) is 6.07 Å². The summed E-state index contributed by atoms with van der Waals surface area (Å²) in [6, 6.07) is 5.53. The van der Waals surface area contributed by atoms with Gasteiger partial charge in [0.25, 0.3) is 0 Å². The fraction of sp³-hybridized carbons (Fsp3) is 0.471. The van der Waals surface area contributed by atoms with Crippen LogP contribution in [0.1, 0.15) is 32.1 Å². The number of aromatic nitrogens is 1. The largest absolute Gasteiger partial charge is 0.302 e. The molecule has 2 aromatic rings. The van der Waals surface area contributed by atoms with Gasteiger partial charge in [0.2, 0.25) is 5.91 Å². The first kappa shape index (κ1) is 15.1. The Labute approximate surface area is 143 Å². The van der Waals surface area contributed by atoms with Crippen molar-refractivity contribution >= 4 is 50.0 Å². The van der Waals surface area contributed by atoms with Crippen LogP contribution in [0.2, 0.25) is 5.02 Å². The molecule has 4 rings (SSSR count). The molecule has 0 saturated heterocycles. The van der Waals surface area contributed by atoms with Crippen LogP contribution in [0, 0.1) is 17.8 Å². The number of thiazole rings is 1. The Kier molecular flexibility index (Phi) is 3.85. The van der Waals surface area contributed by atoms with Crippen molar-refractivity contribution < 1.29 is 9.59 Å². The maximum absolute atomic E-state index is 12.6. The molecule has 4 nitrogen and oxygen atoms in total. The second-order valence-electron chi connectivity index (χ2n) is 6.52. The Morgan fingerprint density at radius 3 is 2.74 bits per heavy atom. The van der Waals surface area contributed by atoms with Crippen molar-refractivity contribution in [2.24, 2.45) is 17.8 Å². The summed E-state index contributed by atoms with van der Waals surface area (Å²) in [5, 5.41) is 4.18. The molecular weight excluding hydrogens is 332 g/mol. The first-order chi connectivity index (χ1) is 11.1. The number of ketones is 1. The van der Waals surface area contributed by atoms with Gasteiger partial charge in [-0.15, -0.1) is 0 Å². The molecule has 2 unspecified atom stereocenters. The van der Waals surface area contributed by atoms with E-state index in [9.17, 15) is 9.59 Å². The first-order valence-electron chi connectivity index (χ1n) is 8.01. The Bertz CT molecular complexity index is 772. The van der Waals surface area contributed by atoms with Gasteiger partial charge >= 0.3 is 0 Å². The topological polar surface area (TPSA) is 59.1 Å². The molecule has 1 aromatic heterocycles. The second kappa shape index (κ2) is 5.87. The third kappa shape index (κ3) is 2.88. The third-order valence-electron chi connectivity index (χ3n) is 5.00. The molecule has 1 heterocycles. The van der Waals surface area contributed by atoms with Gasteiger partial charge in [-0.25, -0.2) is 4.98 Å². The highest BCUT2D eigenvalue weighted by Crippen LogP contribution is 2.40. The van der Waals surface area contributed by atoms with Crippen molar-refractivity contribution in [2.45, 2.75) is 32.1 Å². The summed E-state index contributed by atoms with van der Waals surface area (Å²) >= 11 is 7.42. The van der Waals surface area contributed by atoms with Gasteiger partial charge in [0.05, 0.1) is 10.2 Å². The number of fused-ring (bicyclic) bond motifs is 3. The molecule has 2 aliphatic carbocycles. The standard InChI is InChI=1S/C17H17ClN2O2S/c18-12-4-5-14-13(8-12)19-17(23-14)20-16(22)11-6-9-2-1-3-10(7-11)15(9)21/h4-5,8-11H,1-3,6-7H2,(H,19,20,22). The Morgan fingerprint density at radius 1 is 1.26 bits per heavy atom. The van der Waals surface area contributed by atoms with Crippen LogP contribution in [0.3, 0.4) is 0 Å². The maximum atomic E-state index is 12.6. The van der Waals surface area contributed by atoms with Crippen LogP contribution in [0.25, 0.3) is 10.2 Å². The quantitative estimate of drug-likeness (QED) is 0.881. The van der Waals surface area contributed by atoms with E-state index in [-0.39, 0.29) is 23.7 Å². The molecule has 2 saturated carbocycles. The number of hydrogen-bond donors (Lipinski definition) is 1. The number of hydrogen-bond acceptors (Lipinski definition) is 4. The van der Waals surface area contributed by atoms with Crippen molar-refractivity contribution in [3.8, 4) is 0 Å². The minimum Gasteiger partial charge on any atom is -0.302 e. The second-order valence-corrected chi connectivity index (χ2v) is 7.98. The molecule has 2 bridgehead atoms. The molecule has 1 N–H and O–H groups in total. The summed E-state index contributed by atoms with van der Waals surface area (Å²) in [6.45, 7) is 0. The van der Waals surface area contributed by atoms with Gasteiger partial charge in [0, 0.05) is 22.8 Å². The highest BCUT2D eigenvalue weighted by atomic mass is 35.5. The van der Waals surface area contributed by atoms with Gasteiger partial charge in [-0.2, -0.15) is 0 Å². The predicted octanol–water partition coefficient (Wildman–Crippen LogP) is 4.28. The van der Waals surface area contributed by atoms with Gasteiger partial charge < -0.3 is 5.32 Å². The Hall–Kier alpha value is -1.46. The maximum Gasteiger partial charge on any atom is 0.229 e. The molecule has 120 valence electrons. The molecule has 0 spiro atoms. The van der Waals surface area contributed by atoms with E-state index in [1.807, 2.05) is 12.1 Å². The zero-order valence-electron chi connectivity index (χ0n) is 12.5. The van der Waals surface area contributed by atoms with Crippen LogP contribution >= 0.6 is 22.9 Å². The summed E-state index contributed by atoms with van der Waals surface area (Å²) in [5.41, 5.74) is 0.800. The Balaban J connectivity index is 1.49. The lowest BCUT2D eigenvalue weighted by Crippen LogP contribution is -2.40. The van der Waals surface area contributed by atoms with Crippen LogP contribution in [-0.4, -0.2) is 16.7 Å². The highest BCUT2D eigenvalue weighted by Gasteiger charge is 2.41. The van der Waals surface area contributed by atoms with Gasteiger partial charge in [0.1, 0.15) is 5.78 Å². The minimum absolute atomic E-state index is 0.000414. The van der Waals surface area contributed by atoms with E-state index in [4.69, 9.17) is 11.6 Å². The van der Waals surface area contributed by atoms with Crippen LogP contribution in [0.15, 0.2) is 18.2 Å². The van der Waals surface area contributed by atoms with Crippen molar-refractivity contribution in [1.29, 1.82) is 0 Å². The van der Waals surface area contributed by atoms with Gasteiger partial charge in [-0.1, -0.05) is 29.4 Å². The fourth-order valence-electron chi connectivity index (χ4n) is 3.86. The molecule has 0 radical (unpaired) electrons. The van der Waals surface area contributed by atoms with Gasteiger partial charge in [0.15, 0.2) is 5.13 Å². The molecule has 2 fully saturated rings. The number of benzene rings is 1. The summed E-state index contributed by atoms with van der Waals surface area (Å²) < 4.78 is 1.00. The van der Waals surface area contributed by atoms with Crippen LogP contribution < -0.4 is 5.32 Å². The Morgan fingerprint density at radius 2 is 2.00 bits per heavy atom. The number of halogens is 1. The lowest BCUT2D eigenvalue weighted by Gasteiger charge is -2.36. The molecule has 2 atom stereocenters. The molecule has 2 aliphatic rings. The van der Waals surface area contributed by atoms with Crippen LogP contribution in [0.5, 0.6) is 0 Å². The molecule has 1 amide bonds. The number of anilines is 1. The summed E-state index contributed by atoms with van der Waals surface area (Å²) in [6.07, 6.45) is 4.39. The average molecular weight is 349 g/mol. The lowest BCUT2D eigenvalue weighted by atomic mass is 9.67. The van der Waals surface area contributed by atoms with E-state index < -0.39 is 0 Å². The average Bonchev–Trinajstić information content (AvgIpc) is 2.88. The SMILES string of the molecule is O=C(Nc1nc2cc(Cl)ccc2s1)C1CC2CCCC(C1)C2=O. The normalized spacial score (nSPS) is 27.2. The number of amides is 1. The zero-order chi connectivity index (χ0) is 16.0. The van der Waals surface area contributed by atoms with Crippen molar-refractivity contribution in [3.63, 3.8) is 0 Å². The predicted molar refractivity (Wildman–Crippen MR) is 91.8 cm³/mol. The molecule has 23 heavy (non-hydrogen) atoms. The smallest absolute Gasteiger partial charge is 0.229 e. The number of nitrogens with one attached hydrogen (secondary N) is 1. The number of carbonyl (C=O) groups excluding carboxylic acids is 2. The van der Waals surface area contributed by atoms with Crippen LogP contribution in [-0.2, 0) is 9.59 Å². The number of rotatable bonds is 2. The summed E-state index contributed by atoms with van der Waals surface area (Å²) in [4.78, 5) is 29.1. The van der Waals surface area contributed by atoms with Gasteiger partial charge in [-0.05, 0) is 43.9 Å². The third-order valence-corrected chi connectivity index (χ3v) is 6.19. The minimum atomic E-state index is -0.0707. The first-order valence-corrected chi connectivity index (χ1v) is 9.20. The van der Waals surface area contributed by atoms with E-state index in [2.05, 4.69) is 10.3 Å². The van der Waals surface area contributed by atoms with Gasteiger partial charge in [-0.3, -0.25) is 9.59 Å². The number of Topliss-reactive ketones (excluding diaryl/α,β-unsaturated/α-hetero) is 1. The van der Waals surface area contributed by atoms with Crippen molar-refractivity contribution in [2.75, 3.05) is 5.32 Å². The van der Waals surface area contributed by atoms with E-state index >= 15 is 0 Å². The summed E-state index contributed by atoms with van der Waals surface area (Å²) in [5.74, 6) is 0.493. The number of carbonyl (C=O) groups is 2. The molecule has 6 heteroatoms. The van der Waals surface area contributed by atoms with E-state index in [0.29, 0.717) is 28.8 Å². The lowest BCUT2D eigenvalue weighted by molar-refractivity contribution is -0.136. The molecular formula is C17H17ClN2O2S. The molecule has 1 aromatic carbocycles. The highest BCUT2D eigenvalue weighted by molar-refractivity contribution is 7.22. The molecule has 0 aliphatic heterocycles. The monoisotopic (exact) mass is 348 g/mol. The zero-order valence-corrected chi connectivity index (χ0v) is 14.1. The van der Waals surface area contributed by atoms with Crippen LogP contribution in [0.4, 0.5) is 5.13 Å². The fourth-order valence-corrected chi connectivity index (χ4v) is 4.87.